The number of anilines is 1. The molecule has 0 saturated carbocycles. The molecule has 0 bridgehead atoms. The van der Waals surface area contributed by atoms with Crippen LogP contribution in [0.5, 0.6) is 5.75 Å². The first kappa shape index (κ1) is 32.0. The number of benzene rings is 4. The monoisotopic (exact) mass is 672 g/mol. The summed E-state index contributed by atoms with van der Waals surface area (Å²) in [6.07, 6.45) is 7.44. The largest absolute Gasteiger partial charge is 0.489 e. The Morgan fingerprint density at radius 3 is 2.61 bits per heavy atom. The molecule has 252 valence electrons. The van der Waals surface area contributed by atoms with Gasteiger partial charge >= 0.3 is 0 Å². The number of aryl methyl sites for hydroxylation is 1. The minimum absolute atomic E-state index is 0.291. The number of aromatic nitrogens is 6. The van der Waals surface area contributed by atoms with Gasteiger partial charge in [0, 0.05) is 43.6 Å². The molecule has 8 rings (SSSR count). The van der Waals surface area contributed by atoms with Crippen molar-refractivity contribution in [2.24, 2.45) is 0 Å². The third-order valence-corrected chi connectivity index (χ3v) is 9.29. The van der Waals surface area contributed by atoms with Crippen molar-refractivity contribution in [1.82, 2.24) is 35.1 Å². The number of tetrazole rings is 1. The summed E-state index contributed by atoms with van der Waals surface area (Å²) in [5.74, 6) is 0.727. The maximum atomic E-state index is 13.6. The van der Waals surface area contributed by atoms with Gasteiger partial charge in [-0.1, -0.05) is 60.7 Å². The van der Waals surface area contributed by atoms with Crippen molar-refractivity contribution in [2.75, 3.05) is 18.4 Å². The van der Waals surface area contributed by atoms with Crippen molar-refractivity contribution >= 4 is 22.5 Å². The number of para-hydroxylation sites is 1. The maximum Gasteiger partial charge on any atom is 0.257 e. The zero-order valence-electron chi connectivity index (χ0n) is 28.2. The van der Waals surface area contributed by atoms with E-state index >= 15 is 0 Å². The fourth-order valence-electron chi connectivity index (χ4n) is 6.40. The highest BCUT2D eigenvalue weighted by molar-refractivity contribution is 6.07. The van der Waals surface area contributed by atoms with Gasteiger partial charge in [0.2, 0.25) is 5.82 Å². The molecule has 4 aromatic carbocycles. The summed E-state index contributed by atoms with van der Waals surface area (Å²) in [6.45, 7) is 5.33. The number of amides is 1. The van der Waals surface area contributed by atoms with Crippen LogP contribution < -0.4 is 10.1 Å². The molecule has 1 N–H and O–H groups in total. The van der Waals surface area contributed by atoms with Gasteiger partial charge < -0.3 is 10.1 Å². The van der Waals surface area contributed by atoms with Gasteiger partial charge in [-0.25, -0.2) is 0 Å². The van der Waals surface area contributed by atoms with Crippen LogP contribution in [-0.4, -0.2) is 54.1 Å². The van der Waals surface area contributed by atoms with Crippen molar-refractivity contribution in [2.45, 2.75) is 32.9 Å². The average molecular weight is 673 g/mol. The summed E-state index contributed by atoms with van der Waals surface area (Å²) in [4.78, 5) is 26.3. The normalized spacial score (nSPS) is 12.8. The standard InChI is InChI=1S/C41H36N8O2/c1-28-21-38(44-41(50)34-22-31-9-5-6-10-37(31)43-25-34)36(23-39(28)51-27-30-7-3-2-4-8-30)40-45-47-49(46-40)35-13-11-29(12-14-35)16-19-48-20-17-32-24-42-18-15-33(32)26-48/h2-15,18,21-25H,16-17,19-20,26-27H2,1H3,(H,44,50). The van der Waals surface area contributed by atoms with E-state index in [2.05, 4.69) is 48.7 Å². The number of carbonyl (C=O) groups is 1. The molecule has 0 unspecified atom stereocenters. The highest BCUT2D eigenvalue weighted by atomic mass is 16.5. The predicted molar refractivity (Wildman–Crippen MR) is 197 cm³/mol. The van der Waals surface area contributed by atoms with Crippen molar-refractivity contribution < 1.29 is 9.53 Å². The van der Waals surface area contributed by atoms with Crippen LogP contribution in [0.25, 0.3) is 28.0 Å². The highest BCUT2D eigenvalue weighted by Gasteiger charge is 2.19. The summed E-state index contributed by atoms with van der Waals surface area (Å²) in [6, 6.07) is 33.7. The summed E-state index contributed by atoms with van der Waals surface area (Å²) in [5.41, 5.74) is 9.07. The molecule has 1 aliphatic rings. The van der Waals surface area contributed by atoms with E-state index in [1.165, 1.54) is 21.5 Å². The van der Waals surface area contributed by atoms with Gasteiger partial charge in [0.15, 0.2) is 0 Å². The van der Waals surface area contributed by atoms with Crippen LogP contribution in [0.1, 0.15) is 38.2 Å². The van der Waals surface area contributed by atoms with Crippen LogP contribution in [-0.2, 0) is 26.0 Å². The number of fused-ring (bicyclic) bond motifs is 2. The van der Waals surface area contributed by atoms with Gasteiger partial charge in [0.1, 0.15) is 12.4 Å². The minimum atomic E-state index is -0.291. The molecule has 1 amide bonds. The maximum absolute atomic E-state index is 13.6. The lowest BCUT2D eigenvalue weighted by Crippen LogP contribution is -2.32. The van der Waals surface area contributed by atoms with Gasteiger partial charge in [-0.3, -0.25) is 19.7 Å². The molecule has 0 fully saturated rings. The Bertz CT molecular complexity index is 2320. The van der Waals surface area contributed by atoms with Crippen molar-refractivity contribution in [3.63, 3.8) is 0 Å². The molecule has 0 radical (unpaired) electrons. The molecule has 4 heterocycles. The summed E-state index contributed by atoms with van der Waals surface area (Å²) >= 11 is 0. The summed E-state index contributed by atoms with van der Waals surface area (Å²) < 4.78 is 6.25. The van der Waals surface area contributed by atoms with E-state index in [9.17, 15) is 4.79 Å². The number of hydrogen-bond acceptors (Lipinski definition) is 8. The van der Waals surface area contributed by atoms with Gasteiger partial charge in [-0.2, -0.15) is 0 Å². The van der Waals surface area contributed by atoms with E-state index in [0.717, 1.165) is 60.2 Å². The van der Waals surface area contributed by atoms with E-state index < -0.39 is 0 Å². The molecule has 3 aromatic heterocycles. The first-order valence-electron chi connectivity index (χ1n) is 17.1. The van der Waals surface area contributed by atoms with Crippen LogP contribution in [0.4, 0.5) is 5.69 Å². The van der Waals surface area contributed by atoms with Crippen molar-refractivity contribution in [3.05, 3.63) is 155 Å². The third-order valence-electron chi connectivity index (χ3n) is 9.29. The molecule has 1 aliphatic heterocycles. The second-order valence-corrected chi connectivity index (χ2v) is 12.8. The Morgan fingerprint density at radius 2 is 1.73 bits per heavy atom. The number of ether oxygens (including phenoxy) is 1. The number of rotatable bonds is 10. The van der Waals surface area contributed by atoms with Crippen molar-refractivity contribution in [3.8, 4) is 22.8 Å². The van der Waals surface area contributed by atoms with Gasteiger partial charge in [0.05, 0.1) is 28.0 Å². The topological polar surface area (TPSA) is 111 Å². The third kappa shape index (κ3) is 7.22. The zero-order valence-corrected chi connectivity index (χ0v) is 28.2. The van der Waals surface area contributed by atoms with E-state index in [-0.39, 0.29) is 5.91 Å². The second kappa shape index (κ2) is 14.3. The predicted octanol–water partition coefficient (Wildman–Crippen LogP) is 7.01. The number of nitrogens with one attached hydrogen (secondary N) is 1. The smallest absolute Gasteiger partial charge is 0.257 e. The van der Waals surface area contributed by atoms with E-state index in [4.69, 9.17) is 9.84 Å². The van der Waals surface area contributed by atoms with E-state index in [1.54, 1.807) is 6.20 Å². The van der Waals surface area contributed by atoms with Gasteiger partial charge in [0.25, 0.3) is 5.91 Å². The van der Waals surface area contributed by atoms with E-state index in [1.807, 2.05) is 104 Å². The molecule has 10 heteroatoms. The first-order chi connectivity index (χ1) is 25.1. The molecule has 51 heavy (non-hydrogen) atoms. The molecular formula is C41H36N8O2. The van der Waals surface area contributed by atoms with Crippen LogP contribution in [0.15, 0.2) is 122 Å². The molecule has 7 aromatic rings. The van der Waals surface area contributed by atoms with Crippen molar-refractivity contribution in [1.29, 1.82) is 0 Å². The quantitative estimate of drug-likeness (QED) is 0.165. The highest BCUT2D eigenvalue weighted by Crippen LogP contribution is 2.34. The number of pyridine rings is 2. The van der Waals surface area contributed by atoms with Crippen LogP contribution in [0.2, 0.25) is 0 Å². The molecule has 0 spiro atoms. The first-order valence-corrected chi connectivity index (χ1v) is 17.1. The molecule has 10 nitrogen and oxygen atoms in total. The lowest BCUT2D eigenvalue weighted by Gasteiger charge is -2.28. The average Bonchev–Trinajstić information content (AvgIpc) is 3.67. The minimum Gasteiger partial charge on any atom is -0.489 e. The molecular weight excluding hydrogens is 637 g/mol. The molecule has 0 aliphatic carbocycles. The Balaban J connectivity index is 1.02. The zero-order chi connectivity index (χ0) is 34.6. The van der Waals surface area contributed by atoms with Gasteiger partial charge in [-0.05, 0) is 95.3 Å². The fraction of sp³-hybridized carbons (Fsp3) is 0.171. The SMILES string of the molecule is Cc1cc(NC(=O)c2cnc3ccccc3c2)c(-c2nnn(-c3ccc(CCN4CCc5cnccc5C4)cc3)n2)cc1OCc1ccccc1. The molecule has 0 saturated heterocycles. The lowest BCUT2D eigenvalue weighted by atomic mass is 10.0. The van der Waals surface area contributed by atoms with E-state index in [0.29, 0.717) is 35.0 Å². The number of nitrogens with zero attached hydrogens (tertiary/aromatic N) is 7. The Hall–Kier alpha value is -6.26. The lowest BCUT2D eigenvalue weighted by molar-refractivity contribution is 0.102. The number of hydrogen-bond donors (Lipinski definition) is 1. The van der Waals surface area contributed by atoms with Crippen LogP contribution in [0, 0.1) is 6.92 Å². The Kier molecular flexibility index (Phi) is 8.97. The van der Waals surface area contributed by atoms with Gasteiger partial charge in [-0.15, -0.1) is 15.0 Å². The van der Waals surface area contributed by atoms with Crippen LogP contribution >= 0.6 is 0 Å². The fourth-order valence-corrected chi connectivity index (χ4v) is 6.40. The summed E-state index contributed by atoms with van der Waals surface area (Å²) in [7, 11) is 0. The number of carbonyl (C=O) groups excluding carboxylic acids is 1. The Labute approximate surface area is 295 Å². The summed E-state index contributed by atoms with van der Waals surface area (Å²) in [5, 5.41) is 17.5. The second-order valence-electron chi connectivity index (χ2n) is 12.8. The molecule has 0 atom stereocenters. The van der Waals surface area contributed by atoms with Crippen LogP contribution in [0.3, 0.4) is 0 Å². The Morgan fingerprint density at radius 1 is 0.882 bits per heavy atom.